The molecule has 5 nitrogen and oxygen atoms in total. The van der Waals surface area contributed by atoms with Gasteiger partial charge >= 0.3 is 5.97 Å². The van der Waals surface area contributed by atoms with Crippen LogP contribution in [0.1, 0.15) is 79.0 Å². The topological polar surface area (TPSA) is 53.4 Å². The molecule has 4 aromatic rings. The van der Waals surface area contributed by atoms with Crippen molar-refractivity contribution in [2.75, 3.05) is 0 Å². The Morgan fingerprint density at radius 3 is 2.26 bits per heavy atom. The SMILES string of the molecule is CCCCc1c(Cc2ccc(-c3ccccc3C(=O)OC(C)(C)C)cc2)c(COCc2ccccc2)nn1C. The summed E-state index contributed by atoms with van der Waals surface area (Å²) in [6.45, 7) is 8.91. The summed E-state index contributed by atoms with van der Waals surface area (Å²) in [4.78, 5) is 12.9. The molecule has 0 atom stereocenters. The lowest BCUT2D eigenvalue weighted by Gasteiger charge is -2.20. The van der Waals surface area contributed by atoms with Crippen molar-refractivity contribution in [1.82, 2.24) is 9.78 Å². The van der Waals surface area contributed by atoms with Crippen LogP contribution in [0.3, 0.4) is 0 Å². The standard InChI is InChI=1S/C34H40N2O3/c1-6-7-17-32-30(31(35-36(32)5)24-38-23-26-13-9-8-10-14-26)22-25-18-20-27(21-19-25)28-15-11-12-16-29(28)33(37)39-34(2,3)4/h8-16,18-21H,6-7,17,22-24H2,1-5H3. The van der Waals surface area contributed by atoms with E-state index in [0.29, 0.717) is 18.8 Å². The molecule has 204 valence electrons. The summed E-state index contributed by atoms with van der Waals surface area (Å²) in [7, 11) is 2.03. The minimum atomic E-state index is -0.546. The van der Waals surface area contributed by atoms with Gasteiger partial charge < -0.3 is 9.47 Å². The number of aryl methyl sites for hydroxylation is 1. The molecule has 0 saturated carbocycles. The predicted octanol–water partition coefficient (Wildman–Crippen LogP) is 7.69. The molecule has 0 bridgehead atoms. The first kappa shape index (κ1) is 28.3. The van der Waals surface area contributed by atoms with Crippen molar-refractivity contribution in [2.24, 2.45) is 7.05 Å². The second-order valence-electron chi connectivity index (χ2n) is 11.0. The number of ether oxygens (including phenoxy) is 2. The molecular formula is C34H40N2O3. The maximum absolute atomic E-state index is 12.9. The fourth-order valence-corrected chi connectivity index (χ4v) is 4.73. The number of aromatic nitrogens is 2. The van der Waals surface area contributed by atoms with E-state index in [4.69, 9.17) is 14.6 Å². The molecular weight excluding hydrogens is 484 g/mol. The number of hydrogen-bond acceptors (Lipinski definition) is 4. The maximum Gasteiger partial charge on any atom is 0.339 e. The molecule has 0 aliphatic heterocycles. The third-order valence-electron chi connectivity index (χ3n) is 6.67. The van der Waals surface area contributed by atoms with Gasteiger partial charge in [-0.25, -0.2) is 4.79 Å². The van der Waals surface area contributed by atoms with E-state index in [2.05, 4.69) is 43.3 Å². The van der Waals surface area contributed by atoms with E-state index in [1.54, 1.807) is 0 Å². The van der Waals surface area contributed by atoms with Crippen LogP contribution in [-0.4, -0.2) is 21.4 Å². The van der Waals surface area contributed by atoms with Crippen molar-refractivity contribution < 1.29 is 14.3 Å². The van der Waals surface area contributed by atoms with E-state index in [1.807, 2.05) is 75.0 Å². The van der Waals surface area contributed by atoms with E-state index >= 15 is 0 Å². The monoisotopic (exact) mass is 524 g/mol. The number of rotatable bonds is 11. The molecule has 0 amide bonds. The number of esters is 1. The molecule has 0 N–H and O–H groups in total. The molecule has 0 aliphatic carbocycles. The summed E-state index contributed by atoms with van der Waals surface area (Å²) in [6.07, 6.45) is 4.04. The lowest BCUT2D eigenvalue weighted by molar-refractivity contribution is 0.00704. The largest absolute Gasteiger partial charge is 0.456 e. The number of carbonyl (C=O) groups is 1. The molecule has 0 radical (unpaired) electrons. The maximum atomic E-state index is 12.9. The van der Waals surface area contributed by atoms with E-state index < -0.39 is 5.60 Å². The number of nitrogens with zero attached hydrogens (tertiary/aromatic N) is 2. The Morgan fingerprint density at radius 2 is 1.56 bits per heavy atom. The Kier molecular flexibility index (Phi) is 9.36. The highest BCUT2D eigenvalue weighted by molar-refractivity contribution is 5.97. The molecule has 0 saturated heterocycles. The number of benzene rings is 3. The summed E-state index contributed by atoms with van der Waals surface area (Å²) in [5.74, 6) is -0.307. The smallest absolute Gasteiger partial charge is 0.339 e. The lowest BCUT2D eigenvalue weighted by Crippen LogP contribution is -2.24. The molecule has 0 spiro atoms. The first-order chi connectivity index (χ1) is 18.7. The average Bonchev–Trinajstić information content (AvgIpc) is 3.21. The van der Waals surface area contributed by atoms with Crippen LogP contribution in [0.2, 0.25) is 0 Å². The summed E-state index contributed by atoms with van der Waals surface area (Å²) in [6, 6.07) is 26.3. The highest BCUT2D eigenvalue weighted by Gasteiger charge is 2.21. The second kappa shape index (κ2) is 12.9. The molecule has 0 unspecified atom stereocenters. The van der Waals surface area contributed by atoms with Crippen LogP contribution in [0, 0.1) is 0 Å². The van der Waals surface area contributed by atoms with Crippen molar-refractivity contribution in [1.29, 1.82) is 0 Å². The summed E-state index contributed by atoms with van der Waals surface area (Å²) < 4.78 is 13.8. The van der Waals surface area contributed by atoms with E-state index in [9.17, 15) is 4.79 Å². The molecule has 0 aliphatic rings. The Balaban J connectivity index is 1.55. The van der Waals surface area contributed by atoms with Crippen LogP contribution in [0.25, 0.3) is 11.1 Å². The average molecular weight is 525 g/mol. The Labute approximate surface area is 232 Å². The number of unbranched alkanes of at least 4 members (excludes halogenated alkanes) is 1. The first-order valence-electron chi connectivity index (χ1n) is 13.8. The summed E-state index contributed by atoms with van der Waals surface area (Å²) in [5, 5.41) is 4.86. The Bertz CT molecular complexity index is 1370. The molecule has 39 heavy (non-hydrogen) atoms. The molecule has 0 fully saturated rings. The molecule has 1 heterocycles. The Morgan fingerprint density at radius 1 is 0.872 bits per heavy atom. The van der Waals surface area contributed by atoms with Gasteiger partial charge in [-0.15, -0.1) is 0 Å². The van der Waals surface area contributed by atoms with Gasteiger partial charge in [0.25, 0.3) is 0 Å². The van der Waals surface area contributed by atoms with Crippen molar-refractivity contribution in [2.45, 2.75) is 72.2 Å². The second-order valence-corrected chi connectivity index (χ2v) is 11.0. The van der Waals surface area contributed by atoms with Gasteiger partial charge in [0.15, 0.2) is 0 Å². The zero-order valence-electron chi connectivity index (χ0n) is 23.9. The predicted molar refractivity (Wildman–Crippen MR) is 157 cm³/mol. The van der Waals surface area contributed by atoms with Gasteiger partial charge in [-0.3, -0.25) is 4.68 Å². The highest BCUT2D eigenvalue weighted by atomic mass is 16.6. The Hall–Kier alpha value is -3.70. The zero-order valence-corrected chi connectivity index (χ0v) is 23.9. The van der Waals surface area contributed by atoms with Gasteiger partial charge in [-0.05, 0) is 61.9 Å². The van der Waals surface area contributed by atoms with Crippen LogP contribution in [0.15, 0.2) is 78.9 Å². The third kappa shape index (κ3) is 7.67. The minimum Gasteiger partial charge on any atom is -0.456 e. The van der Waals surface area contributed by atoms with Crippen molar-refractivity contribution >= 4 is 5.97 Å². The fraction of sp³-hybridized carbons (Fsp3) is 0.353. The van der Waals surface area contributed by atoms with Crippen LogP contribution in [0.4, 0.5) is 0 Å². The van der Waals surface area contributed by atoms with Crippen molar-refractivity contribution in [3.05, 3.63) is 113 Å². The van der Waals surface area contributed by atoms with Gasteiger partial charge in [0, 0.05) is 24.7 Å². The van der Waals surface area contributed by atoms with Gasteiger partial charge in [0.1, 0.15) is 5.60 Å². The van der Waals surface area contributed by atoms with Crippen LogP contribution in [-0.2, 0) is 42.6 Å². The van der Waals surface area contributed by atoms with Gasteiger partial charge in [-0.2, -0.15) is 5.10 Å². The van der Waals surface area contributed by atoms with Gasteiger partial charge in [0.05, 0.1) is 24.5 Å². The third-order valence-corrected chi connectivity index (χ3v) is 6.67. The van der Waals surface area contributed by atoms with Crippen LogP contribution in [0.5, 0.6) is 0 Å². The normalized spacial score (nSPS) is 11.5. The first-order valence-corrected chi connectivity index (χ1v) is 13.8. The number of carbonyl (C=O) groups excluding carboxylic acids is 1. The molecule has 3 aromatic carbocycles. The molecule has 5 heteroatoms. The van der Waals surface area contributed by atoms with E-state index in [1.165, 1.54) is 16.8 Å². The van der Waals surface area contributed by atoms with Crippen molar-refractivity contribution in [3.8, 4) is 11.1 Å². The van der Waals surface area contributed by atoms with Crippen LogP contribution < -0.4 is 0 Å². The lowest BCUT2D eigenvalue weighted by atomic mass is 9.96. The van der Waals surface area contributed by atoms with Crippen LogP contribution >= 0.6 is 0 Å². The van der Waals surface area contributed by atoms with Gasteiger partial charge in [-0.1, -0.05) is 86.1 Å². The summed E-state index contributed by atoms with van der Waals surface area (Å²) in [5.41, 5.74) is 7.77. The minimum absolute atomic E-state index is 0.307. The number of hydrogen-bond donors (Lipinski definition) is 0. The van der Waals surface area contributed by atoms with Crippen molar-refractivity contribution in [3.63, 3.8) is 0 Å². The molecule has 4 rings (SSSR count). The van der Waals surface area contributed by atoms with E-state index in [0.717, 1.165) is 48.1 Å². The van der Waals surface area contributed by atoms with E-state index in [-0.39, 0.29) is 5.97 Å². The zero-order chi connectivity index (χ0) is 27.8. The fourth-order valence-electron chi connectivity index (χ4n) is 4.73. The molecule has 1 aromatic heterocycles. The quantitative estimate of drug-likeness (QED) is 0.189. The summed E-state index contributed by atoms with van der Waals surface area (Å²) >= 11 is 0. The van der Waals surface area contributed by atoms with Gasteiger partial charge in [0.2, 0.25) is 0 Å². The highest BCUT2D eigenvalue weighted by Crippen LogP contribution is 2.28.